The van der Waals surface area contributed by atoms with Crippen LogP contribution < -0.4 is 16.0 Å². The van der Waals surface area contributed by atoms with E-state index in [0.717, 1.165) is 37.6 Å². The molecule has 0 bridgehead atoms. The molecule has 3 N–H and O–H groups in total. The molecule has 0 aromatic carbocycles. The van der Waals surface area contributed by atoms with E-state index in [1.165, 1.54) is 0 Å². The van der Waals surface area contributed by atoms with E-state index in [1.54, 1.807) is 6.20 Å². The van der Waals surface area contributed by atoms with Gasteiger partial charge in [-0.3, -0.25) is 21.2 Å². The Morgan fingerprint density at radius 2 is 2.14 bits per heavy atom. The lowest BCUT2D eigenvalue weighted by molar-refractivity contribution is -0.0239. The topological polar surface area (TPSA) is 72.6 Å². The van der Waals surface area contributed by atoms with Gasteiger partial charge in [-0.1, -0.05) is 0 Å². The van der Waals surface area contributed by atoms with E-state index in [0.29, 0.717) is 6.61 Å². The SMILES string of the molecule is CCOc1cncc(C(NN)C(C)(C)N2CCOCC2)c1. The monoisotopic (exact) mass is 294 g/mol. The Bertz CT molecular complexity index is 447. The largest absolute Gasteiger partial charge is 0.492 e. The third kappa shape index (κ3) is 3.71. The van der Waals surface area contributed by atoms with Gasteiger partial charge in [-0.2, -0.15) is 0 Å². The van der Waals surface area contributed by atoms with E-state index in [1.807, 2.05) is 19.2 Å². The number of hydrogen-bond donors (Lipinski definition) is 2. The maximum atomic E-state index is 5.85. The maximum absolute atomic E-state index is 5.85. The molecular weight excluding hydrogens is 268 g/mol. The van der Waals surface area contributed by atoms with Crippen molar-refractivity contribution in [3.63, 3.8) is 0 Å². The molecule has 1 aromatic rings. The van der Waals surface area contributed by atoms with Crippen LogP contribution in [-0.2, 0) is 4.74 Å². The van der Waals surface area contributed by atoms with Crippen molar-refractivity contribution < 1.29 is 9.47 Å². The third-order valence-corrected chi connectivity index (χ3v) is 4.08. The molecule has 6 heteroatoms. The smallest absolute Gasteiger partial charge is 0.137 e. The van der Waals surface area contributed by atoms with Crippen LogP contribution in [0.3, 0.4) is 0 Å². The summed E-state index contributed by atoms with van der Waals surface area (Å²) in [5.74, 6) is 6.62. The minimum atomic E-state index is -0.148. The first-order valence-corrected chi connectivity index (χ1v) is 7.46. The summed E-state index contributed by atoms with van der Waals surface area (Å²) in [5, 5.41) is 0. The van der Waals surface area contributed by atoms with Crippen molar-refractivity contribution >= 4 is 0 Å². The van der Waals surface area contributed by atoms with Gasteiger partial charge in [0.1, 0.15) is 5.75 Å². The lowest BCUT2D eigenvalue weighted by atomic mass is 9.87. The molecule has 1 fully saturated rings. The standard InChI is InChI=1S/C15H26N4O2/c1-4-21-13-9-12(10-17-11-13)14(18-16)15(2,3)19-5-7-20-8-6-19/h9-11,14,18H,4-8,16H2,1-3H3. The van der Waals surface area contributed by atoms with Gasteiger partial charge in [0, 0.05) is 24.8 Å². The van der Waals surface area contributed by atoms with Gasteiger partial charge in [-0.05, 0) is 32.4 Å². The van der Waals surface area contributed by atoms with Gasteiger partial charge in [0.15, 0.2) is 0 Å². The molecule has 0 saturated carbocycles. The Hall–Kier alpha value is -1.21. The first-order chi connectivity index (χ1) is 10.1. The molecule has 0 radical (unpaired) electrons. The fourth-order valence-corrected chi connectivity index (χ4v) is 2.87. The van der Waals surface area contributed by atoms with Crippen molar-refractivity contribution in [1.29, 1.82) is 0 Å². The third-order valence-electron chi connectivity index (χ3n) is 4.08. The van der Waals surface area contributed by atoms with Crippen molar-refractivity contribution in [3.05, 3.63) is 24.0 Å². The average Bonchev–Trinajstić information content (AvgIpc) is 2.49. The quantitative estimate of drug-likeness (QED) is 0.604. The number of morpholine rings is 1. The number of hydrazine groups is 1. The van der Waals surface area contributed by atoms with Crippen molar-refractivity contribution in [3.8, 4) is 5.75 Å². The van der Waals surface area contributed by atoms with Crippen LogP contribution in [-0.4, -0.2) is 48.3 Å². The highest BCUT2D eigenvalue weighted by atomic mass is 16.5. The second-order valence-corrected chi connectivity index (χ2v) is 5.74. The molecular formula is C15H26N4O2. The molecule has 1 aliphatic heterocycles. The molecule has 1 aliphatic rings. The Morgan fingerprint density at radius 1 is 1.43 bits per heavy atom. The highest BCUT2D eigenvalue weighted by Crippen LogP contribution is 2.32. The normalized spacial score (nSPS) is 18.5. The lowest BCUT2D eigenvalue weighted by Gasteiger charge is -2.45. The van der Waals surface area contributed by atoms with Crippen molar-refractivity contribution in [2.45, 2.75) is 32.4 Å². The van der Waals surface area contributed by atoms with E-state index >= 15 is 0 Å². The number of rotatable bonds is 6. The maximum Gasteiger partial charge on any atom is 0.137 e. The van der Waals surface area contributed by atoms with E-state index in [9.17, 15) is 0 Å². The molecule has 21 heavy (non-hydrogen) atoms. The number of hydrogen-bond acceptors (Lipinski definition) is 6. The van der Waals surface area contributed by atoms with Crippen molar-refractivity contribution in [2.24, 2.45) is 5.84 Å². The summed E-state index contributed by atoms with van der Waals surface area (Å²) in [7, 11) is 0. The zero-order valence-corrected chi connectivity index (χ0v) is 13.1. The van der Waals surface area contributed by atoms with Crippen LogP contribution in [0.4, 0.5) is 0 Å². The summed E-state index contributed by atoms with van der Waals surface area (Å²) in [6.07, 6.45) is 3.57. The first kappa shape index (κ1) is 16.2. The van der Waals surface area contributed by atoms with E-state index in [-0.39, 0.29) is 11.6 Å². The summed E-state index contributed by atoms with van der Waals surface area (Å²) >= 11 is 0. The Kier molecular flexibility index (Phi) is 5.52. The van der Waals surface area contributed by atoms with E-state index in [2.05, 4.69) is 29.2 Å². The number of aromatic nitrogens is 1. The predicted molar refractivity (Wildman–Crippen MR) is 81.9 cm³/mol. The molecule has 2 rings (SSSR count). The second kappa shape index (κ2) is 7.17. The first-order valence-electron chi connectivity index (χ1n) is 7.46. The highest BCUT2D eigenvalue weighted by Gasteiger charge is 2.37. The fraction of sp³-hybridized carbons (Fsp3) is 0.667. The van der Waals surface area contributed by atoms with Crippen LogP contribution in [0.25, 0.3) is 0 Å². The van der Waals surface area contributed by atoms with Crippen LogP contribution in [0.1, 0.15) is 32.4 Å². The summed E-state index contributed by atoms with van der Waals surface area (Å²) < 4.78 is 11.0. The zero-order valence-electron chi connectivity index (χ0n) is 13.1. The van der Waals surface area contributed by atoms with Gasteiger partial charge in [-0.15, -0.1) is 0 Å². The molecule has 6 nitrogen and oxygen atoms in total. The molecule has 0 spiro atoms. The molecule has 0 aliphatic carbocycles. The van der Waals surface area contributed by atoms with Gasteiger partial charge >= 0.3 is 0 Å². The van der Waals surface area contributed by atoms with Crippen molar-refractivity contribution in [1.82, 2.24) is 15.3 Å². The van der Waals surface area contributed by atoms with E-state index < -0.39 is 0 Å². The number of pyridine rings is 1. The van der Waals surface area contributed by atoms with Crippen LogP contribution in [0, 0.1) is 0 Å². The number of nitrogens with zero attached hydrogens (tertiary/aromatic N) is 2. The summed E-state index contributed by atoms with van der Waals surface area (Å²) in [5.41, 5.74) is 3.83. The molecule has 2 heterocycles. The Morgan fingerprint density at radius 3 is 2.76 bits per heavy atom. The van der Waals surface area contributed by atoms with Crippen LogP contribution in [0.2, 0.25) is 0 Å². The van der Waals surface area contributed by atoms with Crippen molar-refractivity contribution in [2.75, 3.05) is 32.9 Å². The summed E-state index contributed by atoms with van der Waals surface area (Å²) in [4.78, 5) is 6.66. The predicted octanol–water partition coefficient (Wildman–Crippen LogP) is 1.10. The van der Waals surface area contributed by atoms with E-state index in [4.69, 9.17) is 15.3 Å². The zero-order chi connectivity index (χ0) is 15.3. The number of nitrogens with two attached hydrogens (primary N) is 1. The Balaban J connectivity index is 2.22. The number of nitrogens with one attached hydrogen (secondary N) is 1. The average molecular weight is 294 g/mol. The molecule has 1 unspecified atom stereocenters. The molecule has 1 atom stereocenters. The van der Waals surface area contributed by atoms with Gasteiger partial charge < -0.3 is 9.47 Å². The minimum Gasteiger partial charge on any atom is -0.492 e. The van der Waals surface area contributed by atoms with Gasteiger partial charge in [0.2, 0.25) is 0 Å². The minimum absolute atomic E-state index is 0.0384. The van der Waals surface area contributed by atoms with Gasteiger partial charge in [0.25, 0.3) is 0 Å². The fourth-order valence-electron chi connectivity index (χ4n) is 2.87. The summed E-state index contributed by atoms with van der Waals surface area (Å²) in [6.45, 7) is 10.3. The second-order valence-electron chi connectivity index (χ2n) is 5.74. The van der Waals surface area contributed by atoms with Gasteiger partial charge in [0.05, 0.1) is 32.1 Å². The molecule has 1 aromatic heterocycles. The highest BCUT2D eigenvalue weighted by molar-refractivity contribution is 5.28. The van der Waals surface area contributed by atoms with Crippen LogP contribution in [0.5, 0.6) is 5.75 Å². The van der Waals surface area contributed by atoms with Crippen LogP contribution >= 0.6 is 0 Å². The Labute approximate surface area is 126 Å². The molecule has 118 valence electrons. The lowest BCUT2D eigenvalue weighted by Crippen LogP contribution is -2.57. The van der Waals surface area contributed by atoms with Crippen LogP contribution in [0.15, 0.2) is 18.5 Å². The summed E-state index contributed by atoms with van der Waals surface area (Å²) in [6, 6.07) is 1.96. The number of ether oxygens (including phenoxy) is 2. The molecule has 0 amide bonds. The van der Waals surface area contributed by atoms with Gasteiger partial charge in [-0.25, -0.2) is 0 Å². The molecule has 1 saturated heterocycles.